The highest BCUT2D eigenvalue weighted by Crippen LogP contribution is 2.41. The Hall–Kier alpha value is -0.830. The van der Waals surface area contributed by atoms with Gasteiger partial charge in [0, 0.05) is 17.2 Å². The van der Waals surface area contributed by atoms with Gasteiger partial charge >= 0.3 is 5.97 Å². The predicted molar refractivity (Wildman–Crippen MR) is 70.0 cm³/mol. The van der Waals surface area contributed by atoms with Crippen molar-refractivity contribution < 1.29 is 9.90 Å². The zero-order valence-electron chi connectivity index (χ0n) is 11.7. The quantitative estimate of drug-likeness (QED) is 0.770. The van der Waals surface area contributed by atoms with Crippen LogP contribution in [0, 0.1) is 5.92 Å². The maximum absolute atomic E-state index is 10.5. The Labute approximate surface area is 105 Å². The van der Waals surface area contributed by atoms with Crippen molar-refractivity contribution in [3.8, 4) is 0 Å². The molecule has 1 rings (SSSR count). The molecule has 0 bridgehead atoms. The summed E-state index contributed by atoms with van der Waals surface area (Å²) in [7, 11) is 2.18. The Kier molecular flexibility index (Phi) is 4.03. The van der Waals surface area contributed by atoms with E-state index in [0.717, 1.165) is 19.3 Å². The van der Waals surface area contributed by atoms with Crippen molar-refractivity contribution in [3.63, 3.8) is 0 Å². The van der Waals surface area contributed by atoms with Crippen molar-refractivity contribution in [1.82, 2.24) is 4.90 Å². The molecule has 0 aromatic carbocycles. The van der Waals surface area contributed by atoms with Crippen LogP contribution < -0.4 is 0 Å². The van der Waals surface area contributed by atoms with E-state index in [1.165, 1.54) is 6.08 Å². The summed E-state index contributed by atoms with van der Waals surface area (Å²) in [5.74, 6) is -0.275. The first-order chi connectivity index (χ1) is 7.65. The zero-order chi connectivity index (χ0) is 13.3. The molecule has 0 aromatic heterocycles. The first kappa shape index (κ1) is 14.2. The van der Waals surface area contributed by atoms with Crippen LogP contribution in [0.15, 0.2) is 12.2 Å². The van der Waals surface area contributed by atoms with Gasteiger partial charge in [-0.2, -0.15) is 0 Å². The Balaban J connectivity index is 2.68. The summed E-state index contributed by atoms with van der Waals surface area (Å²) in [5, 5.41) is 8.60. The fourth-order valence-corrected chi connectivity index (χ4v) is 3.11. The van der Waals surface area contributed by atoms with E-state index in [-0.39, 0.29) is 11.1 Å². The number of allylic oxidation sites excluding steroid dienone is 1. The highest BCUT2D eigenvalue weighted by molar-refractivity contribution is 5.79. The van der Waals surface area contributed by atoms with Crippen LogP contribution in [0.4, 0.5) is 0 Å². The van der Waals surface area contributed by atoms with Gasteiger partial charge in [-0.1, -0.05) is 6.08 Å². The first-order valence-corrected chi connectivity index (χ1v) is 6.28. The Bertz CT molecular complexity index is 300. The van der Waals surface area contributed by atoms with Crippen molar-refractivity contribution in [1.29, 1.82) is 0 Å². The third kappa shape index (κ3) is 3.56. The largest absolute Gasteiger partial charge is 0.478 e. The summed E-state index contributed by atoms with van der Waals surface area (Å²) in [4.78, 5) is 12.9. The molecule has 1 fully saturated rings. The van der Waals surface area contributed by atoms with Gasteiger partial charge in [0.2, 0.25) is 0 Å². The molecule has 3 nitrogen and oxygen atoms in total. The van der Waals surface area contributed by atoms with E-state index < -0.39 is 5.97 Å². The zero-order valence-corrected chi connectivity index (χ0v) is 11.7. The number of aliphatic carboxylic acids is 1. The molecule has 1 heterocycles. The molecular formula is C14H25NO2. The monoisotopic (exact) mass is 239 g/mol. The molecule has 0 aliphatic carbocycles. The summed E-state index contributed by atoms with van der Waals surface area (Å²) in [5.41, 5.74) is 0.368. The molecule has 0 unspecified atom stereocenters. The number of nitrogens with zero attached hydrogens (tertiary/aromatic N) is 1. The number of hydrogen-bond donors (Lipinski definition) is 1. The van der Waals surface area contributed by atoms with Crippen LogP contribution in [-0.4, -0.2) is 34.1 Å². The average Bonchev–Trinajstić information content (AvgIpc) is 2.12. The van der Waals surface area contributed by atoms with E-state index in [1.54, 1.807) is 6.08 Å². The van der Waals surface area contributed by atoms with Gasteiger partial charge in [-0.05, 0) is 59.9 Å². The molecule has 0 aromatic rings. The number of carbonyl (C=O) groups is 1. The van der Waals surface area contributed by atoms with Crippen LogP contribution in [-0.2, 0) is 4.79 Å². The van der Waals surface area contributed by atoms with Crippen LogP contribution in [0.3, 0.4) is 0 Å². The van der Waals surface area contributed by atoms with Gasteiger partial charge in [0.25, 0.3) is 0 Å². The molecule has 1 saturated heterocycles. The molecule has 0 spiro atoms. The maximum Gasteiger partial charge on any atom is 0.327 e. The van der Waals surface area contributed by atoms with Gasteiger partial charge in [-0.3, -0.25) is 4.90 Å². The minimum Gasteiger partial charge on any atom is -0.478 e. The van der Waals surface area contributed by atoms with Crippen LogP contribution in [0.5, 0.6) is 0 Å². The van der Waals surface area contributed by atoms with Gasteiger partial charge in [-0.25, -0.2) is 4.79 Å². The SMILES string of the molecule is CN1C(C)(C)CC(CC=CC(=O)O)CC1(C)C. The summed E-state index contributed by atoms with van der Waals surface area (Å²) >= 11 is 0. The summed E-state index contributed by atoms with van der Waals surface area (Å²) in [6.07, 6.45) is 6.17. The summed E-state index contributed by atoms with van der Waals surface area (Å²) in [6, 6.07) is 0. The number of carboxylic acid groups (broad SMARTS) is 1. The van der Waals surface area contributed by atoms with Crippen molar-refractivity contribution in [2.75, 3.05) is 7.05 Å². The third-order valence-electron chi connectivity index (χ3n) is 4.12. The molecule has 0 saturated carbocycles. The van der Waals surface area contributed by atoms with Crippen molar-refractivity contribution in [3.05, 3.63) is 12.2 Å². The standard InChI is InChI=1S/C14H25NO2/c1-13(2)9-11(7-6-8-12(16)17)10-14(3,4)15(13)5/h6,8,11H,7,9-10H2,1-5H3,(H,16,17). The topological polar surface area (TPSA) is 40.5 Å². The van der Waals surface area contributed by atoms with Crippen molar-refractivity contribution in [2.24, 2.45) is 5.92 Å². The second-order valence-corrected chi connectivity index (χ2v) is 6.43. The first-order valence-electron chi connectivity index (χ1n) is 6.28. The fraction of sp³-hybridized carbons (Fsp3) is 0.786. The van der Waals surface area contributed by atoms with Gasteiger partial charge in [-0.15, -0.1) is 0 Å². The smallest absolute Gasteiger partial charge is 0.327 e. The Morgan fingerprint density at radius 3 is 2.18 bits per heavy atom. The second kappa shape index (κ2) is 4.81. The highest BCUT2D eigenvalue weighted by Gasteiger charge is 2.42. The van der Waals surface area contributed by atoms with Crippen LogP contribution in [0.25, 0.3) is 0 Å². The van der Waals surface area contributed by atoms with Gasteiger partial charge in [0.05, 0.1) is 0 Å². The summed E-state index contributed by atoms with van der Waals surface area (Å²) in [6.45, 7) is 9.06. The molecule has 0 radical (unpaired) electrons. The molecule has 17 heavy (non-hydrogen) atoms. The van der Waals surface area contributed by atoms with Gasteiger partial charge < -0.3 is 5.11 Å². The van der Waals surface area contributed by atoms with Gasteiger partial charge in [0.1, 0.15) is 0 Å². The number of rotatable bonds is 3. The van der Waals surface area contributed by atoms with Crippen LogP contribution in [0.1, 0.15) is 47.0 Å². The second-order valence-electron chi connectivity index (χ2n) is 6.43. The van der Waals surface area contributed by atoms with Crippen molar-refractivity contribution in [2.45, 2.75) is 58.0 Å². The third-order valence-corrected chi connectivity index (χ3v) is 4.12. The summed E-state index contributed by atoms with van der Waals surface area (Å²) < 4.78 is 0. The molecule has 0 atom stereocenters. The molecular weight excluding hydrogens is 214 g/mol. The van der Waals surface area contributed by atoms with Crippen molar-refractivity contribution >= 4 is 5.97 Å². The maximum atomic E-state index is 10.5. The van der Waals surface area contributed by atoms with E-state index >= 15 is 0 Å². The van der Waals surface area contributed by atoms with Crippen LogP contribution >= 0.6 is 0 Å². The van der Waals surface area contributed by atoms with E-state index in [9.17, 15) is 4.79 Å². The van der Waals surface area contributed by atoms with E-state index in [2.05, 4.69) is 39.6 Å². The molecule has 1 N–H and O–H groups in total. The molecule has 3 heteroatoms. The number of piperidine rings is 1. The van der Waals surface area contributed by atoms with Gasteiger partial charge in [0.15, 0.2) is 0 Å². The number of hydrogen-bond acceptors (Lipinski definition) is 2. The lowest BCUT2D eigenvalue weighted by atomic mass is 9.73. The molecule has 0 amide bonds. The minimum absolute atomic E-state index is 0.184. The number of carboxylic acids is 1. The lowest BCUT2D eigenvalue weighted by Gasteiger charge is -2.53. The fourth-order valence-electron chi connectivity index (χ4n) is 3.11. The molecule has 98 valence electrons. The Morgan fingerprint density at radius 1 is 1.29 bits per heavy atom. The number of likely N-dealkylation sites (tertiary alicyclic amines) is 1. The normalized spacial score (nSPS) is 25.2. The molecule has 1 aliphatic rings. The van der Waals surface area contributed by atoms with Crippen LogP contribution in [0.2, 0.25) is 0 Å². The predicted octanol–water partition coefficient (Wildman–Crippen LogP) is 2.92. The lowest BCUT2D eigenvalue weighted by Crippen LogP contribution is -2.58. The Morgan fingerprint density at radius 2 is 1.76 bits per heavy atom. The molecule has 1 aliphatic heterocycles. The lowest BCUT2D eigenvalue weighted by molar-refractivity contribution is -0.131. The minimum atomic E-state index is -0.851. The average molecular weight is 239 g/mol. The highest BCUT2D eigenvalue weighted by atomic mass is 16.4. The van der Waals surface area contributed by atoms with E-state index in [0.29, 0.717) is 5.92 Å². The van der Waals surface area contributed by atoms with E-state index in [1.807, 2.05) is 0 Å². The van der Waals surface area contributed by atoms with E-state index in [4.69, 9.17) is 5.11 Å².